The van der Waals surface area contributed by atoms with Gasteiger partial charge in [0.15, 0.2) is 5.69 Å². The highest BCUT2D eigenvalue weighted by Gasteiger charge is 2.24. The number of hydrogen-bond acceptors (Lipinski definition) is 4. The molecule has 1 aliphatic heterocycles. The highest BCUT2D eigenvalue weighted by Crippen LogP contribution is 2.27. The first-order chi connectivity index (χ1) is 13.8. The highest BCUT2D eigenvalue weighted by molar-refractivity contribution is 6.83. The second-order valence-electron chi connectivity index (χ2n) is 7.83. The molecule has 0 spiro atoms. The van der Waals surface area contributed by atoms with Crippen molar-refractivity contribution in [3.8, 4) is 17.2 Å². The summed E-state index contributed by atoms with van der Waals surface area (Å²) >= 11 is 0. The first-order valence-electron chi connectivity index (χ1n) is 9.27. The number of aromatic carboxylic acids is 1. The van der Waals surface area contributed by atoms with Crippen molar-refractivity contribution in [2.45, 2.75) is 26.2 Å². The number of fused-ring (bicyclic) bond motifs is 3. The van der Waals surface area contributed by atoms with E-state index >= 15 is 0 Å². The first-order valence-corrected chi connectivity index (χ1v) is 12.8. The molecule has 1 N–H and O–H groups in total. The second kappa shape index (κ2) is 7.15. The zero-order chi connectivity index (χ0) is 20.6. The van der Waals surface area contributed by atoms with Crippen LogP contribution in [-0.2, 0) is 6.54 Å². The van der Waals surface area contributed by atoms with Crippen molar-refractivity contribution in [1.29, 1.82) is 0 Å². The molecule has 0 unspecified atom stereocenters. The molecule has 3 aromatic rings. The predicted octanol–water partition coefficient (Wildman–Crippen LogP) is 3.55. The Morgan fingerprint density at radius 2 is 2.00 bits per heavy atom. The zero-order valence-corrected chi connectivity index (χ0v) is 17.5. The molecule has 0 radical (unpaired) electrons. The molecule has 1 aliphatic rings. The van der Waals surface area contributed by atoms with Crippen LogP contribution in [0.1, 0.15) is 33.0 Å². The molecule has 3 heterocycles. The summed E-state index contributed by atoms with van der Waals surface area (Å²) in [6, 6.07) is 11.6. The number of imidazole rings is 1. The van der Waals surface area contributed by atoms with E-state index in [2.05, 4.69) is 41.1 Å². The minimum absolute atomic E-state index is 0.0181. The third kappa shape index (κ3) is 3.75. The van der Waals surface area contributed by atoms with E-state index in [0.29, 0.717) is 5.69 Å². The van der Waals surface area contributed by atoms with Gasteiger partial charge in [0.2, 0.25) is 0 Å². The van der Waals surface area contributed by atoms with Gasteiger partial charge in [0, 0.05) is 17.3 Å². The summed E-state index contributed by atoms with van der Waals surface area (Å²) in [6.45, 7) is 6.82. The lowest BCUT2D eigenvalue weighted by Gasteiger charge is -2.12. The maximum Gasteiger partial charge on any atom is 0.356 e. The van der Waals surface area contributed by atoms with Crippen molar-refractivity contribution in [2.75, 3.05) is 0 Å². The Morgan fingerprint density at radius 1 is 1.17 bits per heavy atom. The molecule has 2 aromatic heterocycles. The fraction of sp³-hybridized carbons (Fsp3) is 0.182. The molecule has 29 heavy (non-hydrogen) atoms. The van der Waals surface area contributed by atoms with Crippen molar-refractivity contribution < 1.29 is 9.90 Å². The van der Waals surface area contributed by atoms with Crippen molar-refractivity contribution in [3.05, 3.63) is 77.1 Å². The number of aliphatic imine (C=N–C) groups is 1. The Balaban J connectivity index is 1.94. The molecule has 0 saturated carbocycles. The molecule has 1 aromatic carbocycles. The minimum Gasteiger partial charge on any atom is -0.476 e. The van der Waals surface area contributed by atoms with Gasteiger partial charge < -0.3 is 5.11 Å². The number of carboxylic acid groups (broad SMARTS) is 1. The normalized spacial score (nSPS) is 12.7. The SMILES string of the molecule is C[Si](C)(C)C#Cc1ccc2c(c1)C(c1ccccn1)=NCc1c(C(=O)O)ncn1-2. The smallest absolute Gasteiger partial charge is 0.356 e. The third-order valence-corrected chi connectivity index (χ3v) is 5.33. The van der Waals surface area contributed by atoms with Gasteiger partial charge in [-0.1, -0.05) is 31.6 Å². The molecule has 0 atom stereocenters. The Bertz CT molecular complexity index is 1200. The maximum absolute atomic E-state index is 11.6. The van der Waals surface area contributed by atoms with E-state index in [1.54, 1.807) is 17.1 Å². The van der Waals surface area contributed by atoms with Crippen molar-refractivity contribution in [3.63, 3.8) is 0 Å². The second-order valence-corrected chi connectivity index (χ2v) is 12.6. The van der Waals surface area contributed by atoms with Crippen LogP contribution in [-0.4, -0.2) is 39.4 Å². The van der Waals surface area contributed by atoms with Crippen LogP contribution in [0, 0.1) is 11.5 Å². The monoisotopic (exact) mass is 400 g/mol. The van der Waals surface area contributed by atoms with Gasteiger partial charge in [-0.05, 0) is 30.3 Å². The molecule has 0 fully saturated rings. The minimum atomic E-state index is -1.52. The third-order valence-electron chi connectivity index (χ3n) is 4.46. The van der Waals surface area contributed by atoms with Crippen molar-refractivity contribution >= 4 is 19.8 Å². The summed E-state index contributed by atoms with van der Waals surface area (Å²) in [5.74, 6) is 2.23. The average Bonchev–Trinajstić information content (AvgIpc) is 3.04. The van der Waals surface area contributed by atoms with Crippen LogP contribution in [0.25, 0.3) is 5.69 Å². The Kier molecular flexibility index (Phi) is 4.64. The number of aromatic nitrogens is 3. The first kappa shape index (κ1) is 18.8. The van der Waals surface area contributed by atoms with E-state index in [1.807, 2.05) is 36.4 Å². The van der Waals surface area contributed by atoms with Gasteiger partial charge in [-0.25, -0.2) is 9.78 Å². The number of benzene rings is 1. The van der Waals surface area contributed by atoms with Gasteiger partial charge in [0.1, 0.15) is 14.4 Å². The number of rotatable bonds is 2. The quantitative estimate of drug-likeness (QED) is 0.527. The highest BCUT2D eigenvalue weighted by atomic mass is 28.3. The number of carbonyl (C=O) groups is 1. The van der Waals surface area contributed by atoms with Crippen LogP contribution in [0.15, 0.2) is 53.9 Å². The lowest BCUT2D eigenvalue weighted by Crippen LogP contribution is -2.16. The van der Waals surface area contributed by atoms with E-state index in [4.69, 9.17) is 4.99 Å². The number of hydrogen-bond donors (Lipinski definition) is 1. The number of nitrogens with zero attached hydrogens (tertiary/aromatic N) is 4. The summed E-state index contributed by atoms with van der Waals surface area (Å²) in [5.41, 5.74) is 7.99. The average molecular weight is 401 g/mol. The molecular formula is C22H20N4O2Si. The van der Waals surface area contributed by atoms with Gasteiger partial charge in [-0.3, -0.25) is 14.5 Å². The largest absolute Gasteiger partial charge is 0.476 e. The summed E-state index contributed by atoms with van der Waals surface area (Å²) in [6.07, 6.45) is 3.27. The Hall–Kier alpha value is -3.50. The maximum atomic E-state index is 11.6. The van der Waals surface area contributed by atoms with Gasteiger partial charge in [-0.15, -0.1) is 5.54 Å². The fourth-order valence-corrected chi connectivity index (χ4v) is 3.66. The zero-order valence-electron chi connectivity index (χ0n) is 16.5. The molecule has 6 nitrogen and oxygen atoms in total. The van der Waals surface area contributed by atoms with Crippen LogP contribution in [0.2, 0.25) is 19.6 Å². The standard InChI is InChI=1S/C22H20N4O2Si/c1-29(2,3)11-9-15-7-8-18-16(12-15)20(17-6-4-5-10-23-17)24-13-19-21(22(27)28)25-14-26(18)19/h4-8,10,12,14H,13H2,1-3H3,(H,27,28). The van der Waals surface area contributed by atoms with Gasteiger partial charge in [0.25, 0.3) is 0 Å². The van der Waals surface area contributed by atoms with E-state index in [9.17, 15) is 9.90 Å². The molecule has 0 amide bonds. The van der Waals surface area contributed by atoms with E-state index in [0.717, 1.165) is 28.2 Å². The fourth-order valence-electron chi connectivity index (χ4n) is 3.15. The van der Waals surface area contributed by atoms with E-state index in [1.165, 1.54) is 0 Å². The van der Waals surface area contributed by atoms with Crippen LogP contribution < -0.4 is 0 Å². The van der Waals surface area contributed by atoms with Crippen LogP contribution in [0.4, 0.5) is 0 Å². The molecule has 0 aliphatic carbocycles. The number of carboxylic acids is 1. The summed E-state index contributed by atoms with van der Waals surface area (Å²) < 4.78 is 1.80. The topological polar surface area (TPSA) is 80.4 Å². The van der Waals surface area contributed by atoms with Crippen LogP contribution in [0.5, 0.6) is 0 Å². The number of pyridine rings is 1. The molecule has 0 saturated heterocycles. The Labute approximate surface area is 170 Å². The summed E-state index contributed by atoms with van der Waals surface area (Å²) in [4.78, 5) is 24.9. The molecular weight excluding hydrogens is 380 g/mol. The predicted molar refractivity (Wildman–Crippen MR) is 114 cm³/mol. The van der Waals surface area contributed by atoms with Crippen molar-refractivity contribution in [2.24, 2.45) is 4.99 Å². The molecule has 0 bridgehead atoms. The molecule has 7 heteroatoms. The lowest BCUT2D eigenvalue weighted by atomic mass is 10.0. The van der Waals surface area contributed by atoms with Gasteiger partial charge in [-0.2, -0.15) is 0 Å². The van der Waals surface area contributed by atoms with E-state index < -0.39 is 14.0 Å². The van der Waals surface area contributed by atoms with Crippen LogP contribution in [0.3, 0.4) is 0 Å². The van der Waals surface area contributed by atoms with E-state index in [-0.39, 0.29) is 12.2 Å². The van der Waals surface area contributed by atoms with Crippen molar-refractivity contribution in [1.82, 2.24) is 14.5 Å². The Morgan fingerprint density at radius 3 is 2.69 bits per heavy atom. The molecule has 4 rings (SSSR count). The lowest BCUT2D eigenvalue weighted by molar-refractivity contribution is 0.0689. The van der Waals surface area contributed by atoms with Gasteiger partial charge >= 0.3 is 5.97 Å². The molecule has 144 valence electrons. The van der Waals surface area contributed by atoms with Gasteiger partial charge in [0.05, 0.1) is 29.3 Å². The van der Waals surface area contributed by atoms with Crippen LogP contribution >= 0.6 is 0 Å². The summed E-state index contributed by atoms with van der Waals surface area (Å²) in [7, 11) is -1.52. The summed E-state index contributed by atoms with van der Waals surface area (Å²) in [5, 5.41) is 9.49.